The minimum atomic E-state index is -0.456. The predicted molar refractivity (Wildman–Crippen MR) is 91.8 cm³/mol. The monoisotopic (exact) mass is 356 g/mol. The minimum absolute atomic E-state index is 0.00568. The molecule has 1 saturated heterocycles. The van der Waals surface area contributed by atoms with Crippen LogP contribution in [0.2, 0.25) is 0 Å². The Labute approximate surface area is 149 Å². The number of carbonyl (C=O) groups is 2. The van der Waals surface area contributed by atoms with Gasteiger partial charge in [0.25, 0.3) is 5.91 Å². The van der Waals surface area contributed by atoms with Gasteiger partial charge in [0.1, 0.15) is 5.82 Å². The molecule has 6 nitrogen and oxygen atoms in total. The first-order valence-corrected chi connectivity index (χ1v) is 8.34. The lowest BCUT2D eigenvalue weighted by Crippen LogP contribution is -2.31. The zero-order valence-corrected chi connectivity index (χ0v) is 13.9. The molecule has 2 aromatic rings. The highest BCUT2D eigenvalue weighted by Gasteiger charge is 2.31. The van der Waals surface area contributed by atoms with Gasteiger partial charge in [-0.3, -0.25) is 9.59 Å². The zero-order valence-electron chi connectivity index (χ0n) is 13.9. The topological polar surface area (TPSA) is 67.9 Å². The molecule has 2 amide bonds. The number of fused-ring (bicyclic) bond motifs is 1. The highest BCUT2D eigenvalue weighted by Crippen LogP contribution is 2.37. The fourth-order valence-electron chi connectivity index (χ4n) is 3.19. The first kappa shape index (κ1) is 16.4. The van der Waals surface area contributed by atoms with Crippen molar-refractivity contribution in [3.8, 4) is 11.5 Å². The van der Waals surface area contributed by atoms with Crippen LogP contribution in [0.1, 0.15) is 16.8 Å². The molecule has 0 bridgehead atoms. The summed E-state index contributed by atoms with van der Waals surface area (Å²) in [5, 5.41) is 2.77. The molecule has 2 heterocycles. The average Bonchev–Trinajstić information content (AvgIpc) is 3.25. The van der Waals surface area contributed by atoms with Crippen molar-refractivity contribution in [1.29, 1.82) is 0 Å². The molecule has 0 aromatic heterocycles. The minimum Gasteiger partial charge on any atom is -0.454 e. The molecule has 134 valence electrons. The summed E-state index contributed by atoms with van der Waals surface area (Å²) in [6.07, 6.45) is 0.345. The molecule has 0 aliphatic carbocycles. The molecule has 0 radical (unpaired) electrons. The number of nitrogens with zero attached hydrogens (tertiary/aromatic N) is 1. The van der Waals surface area contributed by atoms with Gasteiger partial charge in [-0.25, -0.2) is 4.39 Å². The van der Waals surface area contributed by atoms with Crippen LogP contribution in [0.3, 0.4) is 0 Å². The number of anilines is 1. The second-order valence-corrected chi connectivity index (χ2v) is 6.33. The van der Waals surface area contributed by atoms with E-state index in [1.54, 1.807) is 23.1 Å². The summed E-state index contributed by atoms with van der Waals surface area (Å²) in [6.45, 7) is 1.03. The summed E-state index contributed by atoms with van der Waals surface area (Å²) < 4.78 is 23.8. The zero-order chi connectivity index (χ0) is 18.1. The number of halogens is 1. The number of amides is 2. The van der Waals surface area contributed by atoms with E-state index in [2.05, 4.69) is 5.32 Å². The molecule has 2 aromatic carbocycles. The predicted octanol–water partition coefficient (Wildman–Crippen LogP) is 2.34. The Hall–Kier alpha value is -3.09. The third kappa shape index (κ3) is 3.20. The van der Waals surface area contributed by atoms with Gasteiger partial charge in [-0.05, 0) is 30.3 Å². The van der Waals surface area contributed by atoms with E-state index in [0.29, 0.717) is 31.0 Å². The van der Waals surface area contributed by atoms with Crippen molar-refractivity contribution in [3.63, 3.8) is 0 Å². The number of hydrogen-bond acceptors (Lipinski definition) is 4. The number of rotatable bonds is 4. The summed E-state index contributed by atoms with van der Waals surface area (Å²) in [7, 11) is 0. The fourth-order valence-corrected chi connectivity index (χ4v) is 3.19. The van der Waals surface area contributed by atoms with Gasteiger partial charge >= 0.3 is 0 Å². The van der Waals surface area contributed by atoms with Gasteiger partial charge in [-0.15, -0.1) is 0 Å². The van der Waals surface area contributed by atoms with Crippen molar-refractivity contribution >= 4 is 17.5 Å². The van der Waals surface area contributed by atoms with Crippen molar-refractivity contribution in [1.82, 2.24) is 5.32 Å². The number of nitrogens with one attached hydrogen (secondary N) is 1. The number of hydrogen-bond donors (Lipinski definition) is 1. The summed E-state index contributed by atoms with van der Waals surface area (Å²) in [5.41, 5.74) is 1.01. The molecular weight excluding hydrogens is 339 g/mol. The Morgan fingerprint density at radius 3 is 2.88 bits per heavy atom. The molecular formula is C19H17FN2O4. The maximum absolute atomic E-state index is 13.2. The lowest BCUT2D eigenvalue weighted by atomic mass is 10.1. The van der Waals surface area contributed by atoms with Gasteiger partial charge in [0, 0.05) is 42.7 Å². The number of ether oxygens (including phenoxy) is 2. The highest BCUT2D eigenvalue weighted by atomic mass is 19.1. The van der Waals surface area contributed by atoms with Crippen LogP contribution in [0.25, 0.3) is 0 Å². The van der Waals surface area contributed by atoms with E-state index in [9.17, 15) is 14.0 Å². The largest absolute Gasteiger partial charge is 0.454 e. The average molecular weight is 356 g/mol. The quantitative estimate of drug-likeness (QED) is 0.913. The first-order valence-electron chi connectivity index (χ1n) is 8.34. The van der Waals surface area contributed by atoms with Crippen LogP contribution in [-0.2, 0) is 4.79 Å². The molecule has 1 atom stereocenters. The first-order chi connectivity index (χ1) is 12.6. The van der Waals surface area contributed by atoms with Crippen molar-refractivity contribution < 1.29 is 23.5 Å². The van der Waals surface area contributed by atoms with Crippen LogP contribution in [0, 0.1) is 11.7 Å². The number of carbonyl (C=O) groups excluding carboxylic acids is 2. The van der Waals surface area contributed by atoms with E-state index in [1.807, 2.05) is 6.07 Å². The van der Waals surface area contributed by atoms with E-state index in [0.717, 1.165) is 5.69 Å². The summed E-state index contributed by atoms with van der Waals surface area (Å²) in [5.74, 6) is 0.470. The number of benzene rings is 2. The summed E-state index contributed by atoms with van der Waals surface area (Å²) in [6, 6.07) is 10.9. The third-order valence-corrected chi connectivity index (χ3v) is 4.51. The molecule has 1 N–H and O–H groups in total. The van der Waals surface area contributed by atoms with Crippen molar-refractivity contribution in [2.75, 3.05) is 24.8 Å². The van der Waals surface area contributed by atoms with Gasteiger partial charge in [-0.1, -0.05) is 6.07 Å². The lowest BCUT2D eigenvalue weighted by Gasteiger charge is -2.17. The van der Waals surface area contributed by atoms with Gasteiger partial charge < -0.3 is 19.7 Å². The molecule has 0 saturated carbocycles. The molecule has 1 fully saturated rings. The van der Waals surface area contributed by atoms with Crippen molar-refractivity contribution in [2.45, 2.75) is 6.42 Å². The molecule has 2 aliphatic heterocycles. The Bertz CT molecular complexity index is 870. The Kier molecular flexibility index (Phi) is 4.20. The second kappa shape index (κ2) is 6.67. The Morgan fingerprint density at radius 2 is 2.04 bits per heavy atom. The summed E-state index contributed by atoms with van der Waals surface area (Å²) >= 11 is 0. The van der Waals surface area contributed by atoms with E-state index >= 15 is 0 Å². The van der Waals surface area contributed by atoms with E-state index < -0.39 is 5.82 Å². The molecule has 0 spiro atoms. The van der Waals surface area contributed by atoms with Crippen LogP contribution in [0.5, 0.6) is 11.5 Å². The van der Waals surface area contributed by atoms with Gasteiger partial charge in [0.2, 0.25) is 12.7 Å². The van der Waals surface area contributed by atoms with Gasteiger partial charge in [0.15, 0.2) is 11.5 Å². The summed E-state index contributed by atoms with van der Waals surface area (Å²) in [4.78, 5) is 26.1. The van der Waals surface area contributed by atoms with Crippen molar-refractivity contribution in [2.24, 2.45) is 5.92 Å². The normalized spacial score (nSPS) is 18.3. The molecule has 0 unspecified atom stereocenters. The third-order valence-electron chi connectivity index (χ3n) is 4.51. The molecule has 26 heavy (non-hydrogen) atoms. The van der Waals surface area contributed by atoms with E-state index in [1.165, 1.54) is 18.2 Å². The molecule has 2 aliphatic rings. The smallest absolute Gasteiger partial charge is 0.251 e. The SMILES string of the molecule is O=C(NC[C@H]1CC(=O)N(c2ccc3c(c2)OCO3)C1)c1cccc(F)c1. The van der Waals surface area contributed by atoms with Gasteiger partial charge in [0.05, 0.1) is 0 Å². The lowest BCUT2D eigenvalue weighted by molar-refractivity contribution is -0.117. The van der Waals surface area contributed by atoms with Crippen LogP contribution in [0.4, 0.5) is 10.1 Å². The fraction of sp³-hybridized carbons (Fsp3) is 0.263. The highest BCUT2D eigenvalue weighted by molar-refractivity contribution is 5.96. The maximum Gasteiger partial charge on any atom is 0.251 e. The second-order valence-electron chi connectivity index (χ2n) is 6.33. The van der Waals surface area contributed by atoms with Crippen LogP contribution in [-0.4, -0.2) is 31.7 Å². The molecule has 7 heteroatoms. The Balaban J connectivity index is 1.38. The van der Waals surface area contributed by atoms with E-state index in [-0.39, 0.29) is 30.1 Å². The van der Waals surface area contributed by atoms with Crippen molar-refractivity contribution in [3.05, 3.63) is 53.8 Å². The van der Waals surface area contributed by atoms with Crippen LogP contribution in [0.15, 0.2) is 42.5 Å². The molecule has 4 rings (SSSR count). The Morgan fingerprint density at radius 1 is 1.19 bits per heavy atom. The standard InChI is InChI=1S/C19H17FN2O4/c20-14-3-1-2-13(7-14)19(24)21-9-12-6-18(23)22(10-12)15-4-5-16-17(8-15)26-11-25-16/h1-5,7-8,12H,6,9-11H2,(H,21,24)/t12-/m1/s1. The van der Waals surface area contributed by atoms with Crippen LogP contribution < -0.4 is 19.7 Å². The van der Waals surface area contributed by atoms with Gasteiger partial charge in [-0.2, -0.15) is 0 Å². The van der Waals surface area contributed by atoms with E-state index in [4.69, 9.17) is 9.47 Å². The van der Waals surface area contributed by atoms with Crippen LogP contribution >= 0.6 is 0 Å². The maximum atomic E-state index is 13.2.